The Morgan fingerprint density at radius 2 is 2.05 bits per heavy atom. The van der Waals surface area contributed by atoms with Crippen LogP contribution in [0.25, 0.3) is 10.9 Å². The lowest BCUT2D eigenvalue weighted by molar-refractivity contribution is 0.379. The number of aromatic amines is 1. The second-order valence-corrected chi connectivity index (χ2v) is 7.25. The topological polar surface area (TPSA) is 27.8 Å². The molecule has 2 aromatic rings. The number of benzene rings is 1. The van der Waals surface area contributed by atoms with Crippen molar-refractivity contribution in [3.63, 3.8) is 0 Å². The zero-order chi connectivity index (χ0) is 13.9. The smallest absolute Gasteiger partial charge is 0.0735 e. The van der Waals surface area contributed by atoms with Gasteiger partial charge in [-0.3, -0.25) is 0 Å². The molecule has 0 aliphatic rings. The Morgan fingerprint density at radius 3 is 2.74 bits per heavy atom. The quantitative estimate of drug-likeness (QED) is 0.764. The summed E-state index contributed by atoms with van der Waals surface area (Å²) in [7, 11) is 0. The number of fused-ring (bicyclic) bond motifs is 1. The first-order chi connectivity index (χ1) is 9.00. The molecule has 2 nitrogen and oxygen atoms in total. The van der Waals surface area contributed by atoms with Crippen LogP contribution in [-0.2, 0) is 0 Å². The molecular weight excluding hydrogens is 252 g/mol. The number of nitrogens with one attached hydrogen (secondary N) is 2. The first-order valence-electron chi connectivity index (χ1n) is 6.99. The molecule has 0 aliphatic carbocycles. The maximum Gasteiger partial charge on any atom is 0.0735 e. The predicted molar refractivity (Wildman–Crippen MR) is 86.0 cm³/mol. The van der Waals surface area contributed by atoms with E-state index in [1.165, 1.54) is 15.9 Å². The van der Waals surface area contributed by atoms with Gasteiger partial charge < -0.3 is 10.3 Å². The van der Waals surface area contributed by atoms with Crippen molar-refractivity contribution in [3.8, 4) is 0 Å². The Labute approximate surface area is 120 Å². The fraction of sp³-hybridized carbons (Fsp3) is 0.500. The largest absolute Gasteiger partial charge is 0.350 e. The first kappa shape index (κ1) is 14.5. The van der Waals surface area contributed by atoms with E-state index in [4.69, 9.17) is 0 Å². The summed E-state index contributed by atoms with van der Waals surface area (Å²) in [6.07, 6.45) is 1.15. The number of rotatable bonds is 6. The third-order valence-corrected chi connectivity index (χ3v) is 4.63. The van der Waals surface area contributed by atoms with E-state index >= 15 is 0 Å². The van der Waals surface area contributed by atoms with Crippen LogP contribution in [0, 0.1) is 0 Å². The van der Waals surface area contributed by atoms with Crippen LogP contribution >= 0.6 is 11.8 Å². The monoisotopic (exact) mass is 276 g/mol. The molecule has 2 rings (SSSR count). The van der Waals surface area contributed by atoms with Gasteiger partial charge in [0.15, 0.2) is 0 Å². The molecule has 0 bridgehead atoms. The van der Waals surface area contributed by atoms with E-state index in [1.807, 2.05) is 11.8 Å². The number of aromatic nitrogens is 1. The van der Waals surface area contributed by atoms with Crippen LogP contribution in [0.5, 0.6) is 0 Å². The number of hydrogen-bond acceptors (Lipinski definition) is 2. The molecule has 1 aromatic heterocycles. The lowest BCUT2D eigenvalue weighted by Crippen LogP contribution is -2.41. The van der Waals surface area contributed by atoms with E-state index in [9.17, 15) is 0 Å². The van der Waals surface area contributed by atoms with Crippen molar-refractivity contribution >= 4 is 22.7 Å². The molecule has 0 aliphatic heterocycles. The summed E-state index contributed by atoms with van der Waals surface area (Å²) in [6, 6.07) is 10.7. The van der Waals surface area contributed by atoms with Crippen molar-refractivity contribution in [2.45, 2.75) is 49.9 Å². The Kier molecular flexibility index (Phi) is 4.58. The van der Waals surface area contributed by atoms with Crippen LogP contribution in [0.15, 0.2) is 35.4 Å². The lowest BCUT2D eigenvalue weighted by Gasteiger charge is -2.26. The molecule has 0 amide bonds. The molecule has 1 heterocycles. The van der Waals surface area contributed by atoms with Gasteiger partial charge in [-0.25, -0.2) is 0 Å². The Hall–Kier alpha value is -0.930. The summed E-state index contributed by atoms with van der Waals surface area (Å²) >= 11 is 1.90. The first-order valence-corrected chi connectivity index (χ1v) is 7.87. The van der Waals surface area contributed by atoms with E-state index < -0.39 is 0 Å². The highest BCUT2D eigenvalue weighted by molar-refractivity contribution is 7.99. The molecule has 104 valence electrons. The Morgan fingerprint density at radius 1 is 1.32 bits per heavy atom. The average molecular weight is 276 g/mol. The van der Waals surface area contributed by atoms with Gasteiger partial charge in [0.2, 0.25) is 0 Å². The lowest BCUT2D eigenvalue weighted by atomic mass is 10.0. The van der Waals surface area contributed by atoms with Gasteiger partial charge >= 0.3 is 0 Å². The molecule has 0 fully saturated rings. The summed E-state index contributed by atoms with van der Waals surface area (Å²) in [6.45, 7) is 10.0. The summed E-state index contributed by atoms with van der Waals surface area (Å²) in [4.78, 5) is 3.47. The fourth-order valence-electron chi connectivity index (χ4n) is 1.91. The van der Waals surface area contributed by atoms with Crippen molar-refractivity contribution in [2.24, 2.45) is 0 Å². The van der Waals surface area contributed by atoms with Crippen LogP contribution < -0.4 is 5.32 Å². The van der Waals surface area contributed by atoms with Crippen molar-refractivity contribution in [1.29, 1.82) is 0 Å². The Balaban J connectivity index is 1.93. The molecule has 0 saturated carbocycles. The third kappa shape index (κ3) is 4.02. The standard InChI is InChI=1S/C16H24N2S/c1-5-16(3,4)17-11-12(2)19-15-10-13-8-6-7-9-14(13)18-15/h6-10,12,17-18H,5,11H2,1-4H3. The highest BCUT2D eigenvalue weighted by atomic mass is 32.2. The summed E-state index contributed by atoms with van der Waals surface area (Å²) in [5, 5.41) is 6.73. The zero-order valence-corrected chi connectivity index (χ0v) is 13.1. The van der Waals surface area contributed by atoms with Crippen molar-refractivity contribution in [2.75, 3.05) is 6.54 Å². The number of hydrogen-bond donors (Lipinski definition) is 2. The second-order valence-electron chi connectivity index (χ2n) is 5.77. The van der Waals surface area contributed by atoms with E-state index in [-0.39, 0.29) is 5.54 Å². The maximum absolute atomic E-state index is 3.63. The molecule has 0 saturated heterocycles. The fourth-order valence-corrected chi connectivity index (χ4v) is 2.88. The summed E-state index contributed by atoms with van der Waals surface area (Å²) < 4.78 is 0. The highest BCUT2D eigenvalue weighted by Crippen LogP contribution is 2.26. The predicted octanol–water partition coefficient (Wildman–Crippen LogP) is 4.43. The molecule has 0 radical (unpaired) electrons. The minimum atomic E-state index is 0.231. The summed E-state index contributed by atoms with van der Waals surface area (Å²) in [5.74, 6) is 0. The minimum absolute atomic E-state index is 0.231. The SMILES string of the molecule is CCC(C)(C)NCC(C)Sc1cc2ccccc2[nH]1. The van der Waals surface area contributed by atoms with Gasteiger partial charge in [0.05, 0.1) is 5.03 Å². The molecule has 0 spiro atoms. The van der Waals surface area contributed by atoms with Gasteiger partial charge in [0.25, 0.3) is 0 Å². The van der Waals surface area contributed by atoms with Crippen LogP contribution in [0.1, 0.15) is 34.1 Å². The second kappa shape index (κ2) is 6.02. The third-order valence-electron chi connectivity index (χ3n) is 3.59. The summed E-state index contributed by atoms with van der Waals surface area (Å²) in [5.41, 5.74) is 1.45. The van der Waals surface area contributed by atoms with E-state index in [2.05, 4.69) is 68.3 Å². The molecule has 2 N–H and O–H groups in total. The maximum atomic E-state index is 3.63. The van der Waals surface area contributed by atoms with Crippen molar-refractivity contribution < 1.29 is 0 Å². The van der Waals surface area contributed by atoms with Crippen molar-refractivity contribution in [3.05, 3.63) is 30.3 Å². The molecule has 1 atom stereocenters. The number of H-pyrrole nitrogens is 1. The minimum Gasteiger partial charge on any atom is -0.350 e. The van der Waals surface area contributed by atoms with Crippen LogP contribution in [-0.4, -0.2) is 22.3 Å². The van der Waals surface area contributed by atoms with E-state index in [1.54, 1.807) is 0 Å². The molecular formula is C16H24N2S. The van der Waals surface area contributed by atoms with Crippen LogP contribution in [0.3, 0.4) is 0 Å². The average Bonchev–Trinajstić information content (AvgIpc) is 2.78. The van der Waals surface area contributed by atoms with Gasteiger partial charge in [-0.05, 0) is 32.4 Å². The van der Waals surface area contributed by atoms with Crippen LogP contribution in [0.2, 0.25) is 0 Å². The Bertz CT molecular complexity index is 497. The molecule has 1 unspecified atom stereocenters. The van der Waals surface area contributed by atoms with Crippen molar-refractivity contribution in [1.82, 2.24) is 10.3 Å². The molecule has 3 heteroatoms. The number of thioether (sulfide) groups is 1. The zero-order valence-electron chi connectivity index (χ0n) is 12.3. The van der Waals surface area contributed by atoms with Gasteiger partial charge in [-0.2, -0.15) is 0 Å². The van der Waals surface area contributed by atoms with Gasteiger partial charge in [-0.15, -0.1) is 11.8 Å². The van der Waals surface area contributed by atoms with Crippen LogP contribution in [0.4, 0.5) is 0 Å². The highest BCUT2D eigenvalue weighted by Gasteiger charge is 2.15. The normalized spacial score (nSPS) is 13.9. The van der Waals surface area contributed by atoms with E-state index in [0.29, 0.717) is 5.25 Å². The molecule has 1 aromatic carbocycles. The van der Waals surface area contributed by atoms with E-state index in [0.717, 1.165) is 13.0 Å². The molecule has 19 heavy (non-hydrogen) atoms. The van der Waals surface area contributed by atoms with Gasteiger partial charge in [-0.1, -0.05) is 32.0 Å². The number of para-hydroxylation sites is 1. The van der Waals surface area contributed by atoms with Gasteiger partial charge in [0, 0.05) is 28.2 Å². The van der Waals surface area contributed by atoms with Gasteiger partial charge in [0.1, 0.15) is 0 Å².